The highest BCUT2D eigenvalue weighted by atomic mass is 16.6. The topological polar surface area (TPSA) is 176 Å². The normalized spacial score (nSPS) is 12.8. The van der Waals surface area contributed by atoms with Gasteiger partial charge in [0, 0.05) is 36.3 Å². The number of nitro benzene ring substituents is 1. The quantitative estimate of drug-likeness (QED) is 0.0367. The van der Waals surface area contributed by atoms with Gasteiger partial charge in [-0.1, -0.05) is 45.0 Å². The summed E-state index contributed by atoms with van der Waals surface area (Å²) in [6, 6.07) is 34.5. The Morgan fingerprint density at radius 3 is 1.64 bits per heavy atom. The molecule has 55 heavy (non-hydrogen) atoms. The number of aliphatic hydroxyl groups is 2. The van der Waals surface area contributed by atoms with Crippen molar-refractivity contribution in [3.8, 4) is 11.5 Å². The molecule has 2 unspecified atom stereocenters. The molecule has 0 aliphatic rings. The second-order valence-electron chi connectivity index (χ2n) is 13.5. The number of azo groups is 2. The van der Waals surface area contributed by atoms with Crippen molar-refractivity contribution in [3.63, 3.8) is 0 Å². The van der Waals surface area contributed by atoms with Crippen LogP contribution in [0.5, 0.6) is 11.5 Å². The summed E-state index contributed by atoms with van der Waals surface area (Å²) < 4.78 is 11.6. The maximum absolute atomic E-state index is 10.8. The van der Waals surface area contributed by atoms with Gasteiger partial charge in [0.25, 0.3) is 5.69 Å². The fourth-order valence-electron chi connectivity index (χ4n) is 5.48. The molecule has 4 N–H and O–H groups in total. The minimum absolute atomic E-state index is 0.00425. The molecule has 0 aliphatic carbocycles. The first-order chi connectivity index (χ1) is 26.5. The number of nitrogens with zero attached hydrogens (tertiary/aromatic N) is 5. The molecule has 5 aromatic carbocycles. The molecule has 13 heteroatoms. The van der Waals surface area contributed by atoms with E-state index < -0.39 is 17.1 Å². The van der Waals surface area contributed by atoms with Crippen LogP contribution in [0.3, 0.4) is 0 Å². The highest BCUT2D eigenvalue weighted by Gasteiger charge is 2.23. The standard InChI is InChI=1S/C42H47N7O6/c1-5-43-25-37(50)27-54-39-19-6-30(7-20-39)42(3,4)31-8-21-40(22-9-31)55-28-38(51)26-44-35-16-23-41(29(2)24-35)48-47-33-12-10-32(11-13-33)45-46-34-14-17-36(18-15-34)49(52)53/h6-24,37-38,43-44,50-51H,5,25-28H2,1-4H3. The molecule has 0 saturated carbocycles. The number of benzene rings is 5. The van der Waals surface area contributed by atoms with Crippen LogP contribution in [0.4, 0.5) is 34.1 Å². The summed E-state index contributed by atoms with van der Waals surface area (Å²) in [5.41, 5.74) is 6.20. The lowest BCUT2D eigenvalue weighted by atomic mass is 9.78. The van der Waals surface area contributed by atoms with Gasteiger partial charge in [-0.3, -0.25) is 10.1 Å². The van der Waals surface area contributed by atoms with Crippen molar-refractivity contribution in [3.05, 3.63) is 142 Å². The first kappa shape index (κ1) is 40.2. The van der Waals surface area contributed by atoms with E-state index in [1.165, 1.54) is 24.3 Å². The summed E-state index contributed by atoms with van der Waals surface area (Å²) in [7, 11) is 0. The molecule has 5 aromatic rings. The molecule has 2 atom stereocenters. The molecule has 0 aromatic heterocycles. The van der Waals surface area contributed by atoms with Crippen LogP contribution in [-0.2, 0) is 5.41 Å². The number of anilines is 1. The third kappa shape index (κ3) is 12.0. The van der Waals surface area contributed by atoms with Gasteiger partial charge in [-0.25, -0.2) is 0 Å². The van der Waals surface area contributed by atoms with E-state index in [2.05, 4.69) is 44.9 Å². The average Bonchev–Trinajstić information content (AvgIpc) is 3.20. The maximum atomic E-state index is 10.8. The van der Waals surface area contributed by atoms with Gasteiger partial charge in [0.2, 0.25) is 0 Å². The van der Waals surface area contributed by atoms with E-state index in [1.54, 1.807) is 24.3 Å². The highest BCUT2D eigenvalue weighted by Crippen LogP contribution is 2.34. The number of hydrogen-bond donors (Lipinski definition) is 4. The fraction of sp³-hybridized carbons (Fsp3) is 0.286. The van der Waals surface area contributed by atoms with E-state index in [1.807, 2.05) is 80.6 Å². The van der Waals surface area contributed by atoms with Crippen molar-refractivity contribution < 1.29 is 24.6 Å². The van der Waals surface area contributed by atoms with Gasteiger partial charge in [0.1, 0.15) is 36.9 Å². The van der Waals surface area contributed by atoms with E-state index in [0.29, 0.717) is 47.3 Å². The monoisotopic (exact) mass is 745 g/mol. The van der Waals surface area contributed by atoms with Crippen LogP contribution in [0.1, 0.15) is 37.5 Å². The fourth-order valence-corrected chi connectivity index (χ4v) is 5.48. The van der Waals surface area contributed by atoms with Crippen LogP contribution in [0.25, 0.3) is 0 Å². The first-order valence-electron chi connectivity index (χ1n) is 18.1. The zero-order valence-electron chi connectivity index (χ0n) is 31.4. The summed E-state index contributed by atoms with van der Waals surface area (Å²) in [4.78, 5) is 10.3. The van der Waals surface area contributed by atoms with Crippen molar-refractivity contribution in [1.82, 2.24) is 5.32 Å². The number of hydrogen-bond acceptors (Lipinski definition) is 12. The molecule has 13 nitrogen and oxygen atoms in total. The molecule has 0 spiro atoms. The van der Waals surface area contributed by atoms with Gasteiger partial charge >= 0.3 is 0 Å². The number of likely N-dealkylation sites (N-methyl/N-ethyl adjacent to an activating group) is 1. The summed E-state index contributed by atoms with van der Waals surface area (Å²) >= 11 is 0. The van der Waals surface area contributed by atoms with Crippen LogP contribution >= 0.6 is 0 Å². The molecular formula is C42H47N7O6. The molecule has 0 aliphatic heterocycles. The van der Waals surface area contributed by atoms with Crippen LogP contribution in [0.15, 0.2) is 136 Å². The van der Waals surface area contributed by atoms with Gasteiger partial charge in [0.15, 0.2) is 0 Å². The highest BCUT2D eigenvalue weighted by molar-refractivity contribution is 5.57. The number of nitrogens with one attached hydrogen (secondary N) is 2. The van der Waals surface area contributed by atoms with E-state index in [4.69, 9.17) is 9.47 Å². The number of nitro groups is 1. The van der Waals surface area contributed by atoms with E-state index in [-0.39, 0.29) is 24.3 Å². The Kier molecular flexibility index (Phi) is 14.1. The lowest BCUT2D eigenvalue weighted by Gasteiger charge is -2.26. The molecule has 286 valence electrons. The predicted octanol–water partition coefficient (Wildman–Crippen LogP) is 9.26. The lowest BCUT2D eigenvalue weighted by Crippen LogP contribution is -2.31. The van der Waals surface area contributed by atoms with Gasteiger partial charge in [-0.05, 0) is 109 Å². The Morgan fingerprint density at radius 2 is 1.16 bits per heavy atom. The van der Waals surface area contributed by atoms with Crippen molar-refractivity contribution in [2.24, 2.45) is 20.5 Å². The number of ether oxygens (including phenoxy) is 2. The van der Waals surface area contributed by atoms with Gasteiger partial charge in [-0.2, -0.15) is 20.5 Å². The van der Waals surface area contributed by atoms with Crippen LogP contribution in [-0.4, -0.2) is 60.2 Å². The average molecular weight is 746 g/mol. The largest absolute Gasteiger partial charge is 0.491 e. The third-order valence-electron chi connectivity index (χ3n) is 8.87. The zero-order valence-corrected chi connectivity index (χ0v) is 31.4. The summed E-state index contributed by atoms with van der Waals surface area (Å²) in [6.07, 6.45) is -1.30. The molecular weight excluding hydrogens is 699 g/mol. The Balaban J connectivity index is 1.05. The third-order valence-corrected chi connectivity index (χ3v) is 8.87. The predicted molar refractivity (Wildman–Crippen MR) is 214 cm³/mol. The molecule has 0 amide bonds. The second kappa shape index (κ2) is 19.3. The van der Waals surface area contributed by atoms with Gasteiger partial charge < -0.3 is 30.3 Å². The Hall–Kier alpha value is -6.02. The van der Waals surface area contributed by atoms with Crippen LogP contribution in [0.2, 0.25) is 0 Å². The first-order valence-corrected chi connectivity index (χ1v) is 18.1. The molecule has 0 bridgehead atoms. The number of aryl methyl sites for hydroxylation is 1. The van der Waals surface area contributed by atoms with E-state index in [9.17, 15) is 20.3 Å². The van der Waals surface area contributed by atoms with Crippen molar-refractivity contribution >= 4 is 34.1 Å². The lowest BCUT2D eigenvalue weighted by molar-refractivity contribution is -0.384. The van der Waals surface area contributed by atoms with Crippen molar-refractivity contribution in [2.75, 3.05) is 38.2 Å². The Labute approximate surface area is 321 Å². The molecule has 0 fully saturated rings. The van der Waals surface area contributed by atoms with Gasteiger partial charge in [0.05, 0.1) is 27.7 Å². The molecule has 0 radical (unpaired) electrons. The smallest absolute Gasteiger partial charge is 0.269 e. The SMILES string of the molecule is CCNCC(O)COc1ccc(C(C)(C)c2ccc(OCC(O)CNc3ccc(N=Nc4ccc(N=Nc5ccc([N+](=O)[O-])cc5)cc4)c(C)c3)cc2)cc1. The summed E-state index contributed by atoms with van der Waals surface area (Å²) in [5, 5.41) is 54.8. The molecule has 0 saturated heterocycles. The zero-order chi connectivity index (χ0) is 39.2. The Bertz CT molecular complexity index is 2040. The second-order valence-corrected chi connectivity index (χ2v) is 13.5. The van der Waals surface area contributed by atoms with E-state index >= 15 is 0 Å². The van der Waals surface area contributed by atoms with Crippen molar-refractivity contribution in [1.29, 1.82) is 0 Å². The Morgan fingerprint density at radius 1 is 0.691 bits per heavy atom. The minimum Gasteiger partial charge on any atom is -0.491 e. The maximum Gasteiger partial charge on any atom is 0.269 e. The molecule has 0 heterocycles. The van der Waals surface area contributed by atoms with Gasteiger partial charge in [-0.15, -0.1) is 0 Å². The van der Waals surface area contributed by atoms with Crippen LogP contribution in [0, 0.1) is 17.0 Å². The number of rotatable bonds is 19. The van der Waals surface area contributed by atoms with Crippen molar-refractivity contribution in [2.45, 2.75) is 45.3 Å². The van der Waals surface area contributed by atoms with E-state index in [0.717, 1.165) is 28.9 Å². The number of aliphatic hydroxyl groups excluding tert-OH is 2. The summed E-state index contributed by atoms with van der Waals surface area (Å²) in [5.74, 6) is 1.39. The summed E-state index contributed by atoms with van der Waals surface area (Å²) in [6.45, 7) is 10.2. The number of non-ortho nitro benzene ring substituents is 1. The van der Waals surface area contributed by atoms with Crippen LogP contribution < -0.4 is 20.1 Å². The molecule has 5 rings (SSSR count). The minimum atomic E-state index is -0.739.